The van der Waals surface area contributed by atoms with E-state index in [1.807, 2.05) is 24.3 Å². The topological polar surface area (TPSA) is 37.0 Å². The summed E-state index contributed by atoms with van der Waals surface area (Å²) in [7, 11) is -3.16. The van der Waals surface area contributed by atoms with Gasteiger partial charge in [0.2, 0.25) is 0 Å². The summed E-state index contributed by atoms with van der Waals surface area (Å²) in [6, 6.07) is 7.98. The van der Waals surface area contributed by atoms with Crippen molar-refractivity contribution in [3.63, 3.8) is 0 Å². The number of nitrogens with one attached hydrogen (secondary N) is 1. The second kappa shape index (κ2) is 4.85. The number of benzene rings is 1. The minimum atomic E-state index is -3.16. The van der Waals surface area contributed by atoms with Crippen molar-refractivity contribution in [1.82, 2.24) is 14.4 Å². The second-order valence-electron chi connectivity index (χ2n) is 5.10. The summed E-state index contributed by atoms with van der Waals surface area (Å²) in [6.07, 6.45) is 0. The third-order valence-corrected chi connectivity index (χ3v) is 9.08. The van der Waals surface area contributed by atoms with Crippen LogP contribution in [0.5, 0.6) is 11.5 Å². The van der Waals surface area contributed by atoms with Crippen LogP contribution in [0, 0.1) is 0 Å². The van der Waals surface area contributed by atoms with Gasteiger partial charge in [0.25, 0.3) is 0 Å². The molecule has 1 fully saturated rings. The van der Waals surface area contributed by atoms with Crippen LogP contribution in [-0.2, 0) is 0 Å². The van der Waals surface area contributed by atoms with Crippen molar-refractivity contribution >= 4 is 7.51 Å². The Morgan fingerprint density at radius 2 is 1.75 bits per heavy atom. The molecule has 3 rings (SSSR count). The quantitative estimate of drug-likeness (QED) is 0.865. The van der Waals surface area contributed by atoms with Gasteiger partial charge < -0.3 is 0 Å². The Labute approximate surface area is 121 Å². The van der Waals surface area contributed by atoms with Crippen LogP contribution in [0.3, 0.4) is 0 Å². The molecule has 1 aromatic rings. The molecule has 0 aliphatic carbocycles. The summed E-state index contributed by atoms with van der Waals surface area (Å²) in [4.78, 5) is 0. The summed E-state index contributed by atoms with van der Waals surface area (Å²) in [6.45, 7) is 11.0. The van der Waals surface area contributed by atoms with E-state index in [2.05, 4.69) is 35.2 Å². The zero-order valence-corrected chi connectivity index (χ0v) is 13.4. The molecule has 1 N–H and O–H groups in total. The molecule has 112 valence electrons. The molecule has 2 aliphatic heterocycles. The summed E-state index contributed by atoms with van der Waals surface area (Å²) in [5.41, 5.74) is 0. The summed E-state index contributed by atoms with van der Waals surface area (Å²) < 4.78 is 17.8. The maximum absolute atomic E-state index is 6.54. The van der Waals surface area contributed by atoms with Gasteiger partial charge in [-0.05, 0) is 0 Å². The van der Waals surface area contributed by atoms with Crippen molar-refractivity contribution in [3.05, 3.63) is 24.3 Å². The third kappa shape index (κ3) is 1.64. The Balaban J connectivity index is 2.12. The molecule has 1 aromatic carbocycles. The Hall–Kier alpha value is -0.870. The van der Waals surface area contributed by atoms with Crippen molar-refractivity contribution in [1.29, 1.82) is 0 Å². The SMILES string of the molecule is CCN(CC)P12(NCCN1CC)Oc1ccccc1O2. The first kappa shape index (κ1) is 14.1. The van der Waals surface area contributed by atoms with Gasteiger partial charge in [-0.2, -0.15) is 0 Å². The molecule has 1 saturated heterocycles. The van der Waals surface area contributed by atoms with Gasteiger partial charge >= 0.3 is 120 Å². The van der Waals surface area contributed by atoms with Crippen molar-refractivity contribution in [3.8, 4) is 11.5 Å². The van der Waals surface area contributed by atoms with E-state index >= 15 is 0 Å². The van der Waals surface area contributed by atoms with Gasteiger partial charge in [-0.25, -0.2) is 0 Å². The Kier molecular flexibility index (Phi) is 3.41. The van der Waals surface area contributed by atoms with Gasteiger partial charge in [-0.1, -0.05) is 0 Å². The first-order valence-electron chi connectivity index (χ1n) is 7.46. The van der Waals surface area contributed by atoms with Gasteiger partial charge in [0.05, 0.1) is 0 Å². The van der Waals surface area contributed by atoms with E-state index in [1.54, 1.807) is 0 Å². The molecule has 2 heterocycles. The summed E-state index contributed by atoms with van der Waals surface area (Å²) >= 11 is 0. The number of para-hydroxylation sites is 2. The summed E-state index contributed by atoms with van der Waals surface area (Å²) in [5, 5.41) is 3.63. The van der Waals surface area contributed by atoms with E-state index in [-0.39, 0.29) is 0 Å². The zero-order chi connectivity index (χ0) is 14.2. The van der Waals surface area contributed by atoms with Crippen molar-refractivity contribution in [2.75, 3.05) is 32.7 Å². The third-order valence-electron chi connectivity index (χ3n) is 4.22. The van der Waals surface area contributed by atoms with Gasteiger partial charge in [0, 0.05) is 0 Å². The average molecular weight is 297 g/mol. The van der Waals surface area contributed by atoms with Crippen molar-refractivity contribution in [2.45, 2.75) is 20.8 Å². The van der Waals surface area contributed by atoms with Gasteiger partial charge in [0.15, 0.2) is 0 Å². The Morgan fingerprint density at radius 3 is 2.25 bits per heavy atom. The predicted octanol–water partition coefficient (Wildman–Crippen LogP) is 2.85. The predicted molar refractivity (Wildman–Crippen MR) is 82.8 cm³/mol. The fourth-order valence-electron chi connectivity index (χ4n) is 3.33. The molecule has 20 heavy (non-hydrogen) atoms. The number of hydrogen-bond donors (Lipinski definition) is 1. The van der Waals surface area contributed by atoms with E-state index in [9.17, 15) is 0 Å². The fraction of sp³-hybridized carbons (Fsp3) is 0.571. The molecule has 2 aliphatic rings. The zero-order valence-electron chi connectivity index (χ0n) is 12.5. The van der Waals surface area contributed by atoms with Crippen LogP contribution in [0.4, 0.5) is 0 Å². The van der Waals surface area contributed by atoms with E-state index in [4.69, 9.17) is 9.05 Å². The minimum absolute atomic E-state index is 0.852. The molecule has 0 atom stereocenters. The molecule has 6 heteroatoms. The van der Waals surface area contributed by atoms with Crippen LogP contribution in [0.1, 0.15) is 20.8 Å². The molecule has 0 radical (unpaired) electrons. The molecule has 0 unspecified atom stereocenters. The van der Waals surface area contributed by atoms with Crippen LogP contribution in [-0.4, -0.2) is 42.1 Å². The molecule has 0 aromatic heterocycles. The number of rotatable bonds is 4. The van der Waals surface area contributed by atoms with Gasteiger partial charge in [-0.3, -0.25) is 0 Å². The van der Waals surface area contributed by atoms with Crippen molar-refractivity contribution < 1.29 is 9.05 Å². The normalized spacial score (nSPS) is 24.9. The first-order chi connectivity index (χ1) is 9.69. The Bertz CT molecular complexity index is 482. The van der Waals surface area contributed by atoms with E-state index < -0.39 is 7.51 Å². The van der Waals surface area contributed by atoms with Crippen molar-refractivity contribution in [2.24, 2.45) is 0 Å². The fourth-order valence-corrected chi connectivity index (χ4v) is 8.15. The van der Waals surface area contributed by atoms with Crippen LogP contribution in [0.25, 0.3) is 0 Å². The standard InChI is InChI=1S/C14H24N3O2P/c1-4-16(5-2)20(15-11-12-17(20)6-3)18-13-9-7-8-10-14(13)19-20/h7-10,15H,4-6,11-12H2,1-3H3. The Morgan fingerprint density at radius 1 is 1.15 bits per heavy atom. The van der Waals surface area contributed by atoms with Crippen LogP contribution < -0.4 is 14.1 Å². The summed E-state index contributed by atoms with van der Waals surface area (Å²) in [5.74, 6) is 1.70. The number of nitrogens with zero attached hydrogens (tertiary/aromatic N) is 2. The molecular formula is C14H24N3O2P. The van der Waals surface area contributed by atoms with Crippen LogP contribution >= 0.6 is 7.51 Å². The molecule has 0 saturated carbocycles. The molecule has 1 spiro atoms. The molecule has 0 amide bonds. The molecule has 5 nitrogen and oxygen atoms in total. The first-order valence-corrected chi connectivity index (χ1v) is 9.44. The van der Waals surface area contributed by atoms with Crippen LogP contribution in [0.2, 0.25) is 0 Å². The monoisotopic (exact) mass is 297 g/mol. The van der Waals surface area contributed by atoms with Gasteiger partial charge in [0.1, 0.15) is 0 Å². The average Bonchev–Trinajstić information content (AvgIpc) is 2.99. The number of fused-ring (bicyclic) bond motifs is 1. The molecular weight excluding hydrogens is 273 g/mol. The number of likely N-dealkylation sites (N-methyl/N-ethyl adjacent to an activating group) is 1. The van der Waals surface area contributed by atoms with E-state index in [0.717, 1.165) is 44.2 Å². The molecule has 0 bridgehead atoms. The number of hydrogen-bond acceptors (Lipinski definition) is 5. The van der Waals surface area contributed by atoms with E-state index in [1.165, 1.54) is 0 Å². The maximum atomic E-state index is 6.54. The second-order valence-corrected chi connectivity index (χ2v) is 8.65. The van der Waals surface area contributed by atoms with Gasteiger partial charge in [-0.15, -0.1) is 0 Å². The van der Waals surface area contributed by atoms with Crippen LogP contribution in [0.15, 0.2) is 24.3 Å². The van der Waals surface area contributed by atoms with E-state index in [0.29, 0.717) is 0 Å².